The van der Waals surface area contributed by atoms with E-state index in [-0.39, 0.29) is 0 Å². The molecule has 0 saturated carbocycles. The number of nitrogens with zero attached hydrogens (tertiary/aromatic N) is 1. The minimum absolute atomic E-state index is 0.794. The molecule has 2 fully saturated rings. The van der Waals surface area contributed by atoms with Crippen molar-refractivity contribution in [1.29, 1.82) is 0 Å². The fourth-order valence-electron chi connectivity index (χ4n) is 2.96. The van der Waals surface area contributed by atoms with E-state index < -0.39 is 0 Å². The zero-order valence-corrected chi connectivity index (χ0v) is 9.47. The van der Waals surface area contributed by atoms with E-state index in [4.69, 9.17) is 0 Å². The molecule has 0 radical (unpaired) electrons. The first kappa shape index (κ1) is 10.4. The summed E-state index contributed by atoms with van der Waals surface area (Å²) >= 11 is 0. The Kier molecular flexibility index (Phi) is 3.82. The molecule has 0 aromatic carbocycles. The predicted octanol–water partition coefficient (Wildman–Crippen LogP) is 2.00. The van der Waals surface area contributed by atoms with E-state index in [1.165, 1.54) is 58.2 Å². The summed E-state index contributed by atoms with van der Waals surface area (Å²) in [6.07, 6.45) is 8.43. The molecular formula is C12H24N2. The Labute approximate surface area is 88.1 Å². The van der Waals surface area contributed by atoms with Crippen molar-refractivity contribution < 1.29 is 0 Å². The van der Waals surface area contributed by atoms with E-state index in [0.717, 1.165) is 12.1 Å². The van der Waals surface area contributed by atoms with Crippen LogP contribution in [0.5, 0.6) is 0 Å². The standard InChI is InChI=1S/C12H24N2/c1-2-12-7-3-4-9-14(12)10-11-6-5-8-13-11/h11-13H,2-10H2,1H3/t11-,12-/m1/s1. The Morgan fingerprint density at radius 2 is 2.14 bits per heavy atom. The number of hydrogen-bond donors (Lipinski definition) is 1. The van der Waals surface area contributed by atoms with E-state index in [1.807, 2.05) is 0 Å². The zero-order chi connectivity index (χ0) is 9.80. The summed E-state index contributed by atoms with van der Waals surface area (Å²) in [4.78, 5) is 2.73. The van der Waals surface area contributed by atoms with Gasteiger partial charge < -0.3 is 5.32 Å². The molecule has 2 heteroatoms. The van der Waals surface area contributed by atoms with Crippen molar-refractivity contribution in [1.82, 2.24) is 10.2 Å². The van der Waals surface area contributed by atoms with Crippen LogP contribution in [0.2, 0.25) is 0 Å². The summed E-state index contributed by atoms with van der Waals surface area (Å²) in [5, 5.41) is 3.61. The molecule has 14 heavy (non-hydrogen) atoms. The fraction of sp³-hybridized carbons (Fsp3) is 1.00. The second kappa shape index (κ2) is 5.13. The Hall–Kier alpha value is -0.0800. The SMILES string of the molecule is CC[C@@H]1CCCCN1C[C@H]1CCCN1. The Bertz CT molecular complexity index is 164. The maximum Gasteiger partial charge on any atom is 0.0195 e. The molecule has 0 aromatic rings. The van der Waals surface area contributed by atoms with Gasteiger partial charge in [-0.3, -0.25) is 4.90 Å². The smallest absolute Gasteiger partial charge is 0.0195 e. The summed E-state index contributed by atoms with van der Waals surface area (Å²) in [6, 6.07) is 1.67. The number of likely N-dealkylation sites (tertiary alicyclic amines) is 1. The van der Waals surface area contributed by atoms with Gasteiger partial charge >= 0.3 is 0 Å². The minimum Gasteiger partial charge on any atom is -0.313 e. The Morgan fingerprint density at radius 3 is 2.86 bits per heavy atom. The minimum atomic E-state index is 0.794. The average molecular weight is 196 g/mol. The molecular weight excluding hydrogens is 172 g/mol. The van der Waals surface area contributed by atoms with Gasteiger partial charge in [-0.2, -0.15) is 0 Å². The van der Waals surface area contributed by atoms with Gasteiger partial charge in [0.25, 0.3) is 0 Å². The Balaban J connectivity index is 1.81. The van der Waals surface area contributed by atoms with Crippen LogP contribution in [0.4, 0.5) is 0 Å². The van der Waals surface area contributed by atoms with E-state index >= 15 is 0 Å². The lowest BCUT2D eigenvalue weighted by atomic mass is 9.99. The van der Waals surface area contributed by atoms with Gasteiger partial charge in [0.15, 0.2) is 0 Å². The van der Waals surface area contributed by atoms with Crippen molar-refractivity contribution >= 4 is 0 Å². The van der Waals surface area contributed by atoms with Crippen molar-refractivity contribution in [3.63, 3.8) is 0 Å². The fourth-order valence-corrected chi connectivity index (χ4v) is 2.96. The topological polar surface area (TPSA) is 15.3 Å². The average Bonchev–Trinajstić information content (AvgIpc) is 2.71. The van der Waals surface area contributed by atoms with Crippen LogP contribution in [0.1, 0.15) is 45.4 Å². The third kappa shape index (κ3) is 2.48. The number of piperidine rings is 1. The molecule has 0 aromatic heterocycles. The lowest BCUT2D eigenvalue weighted by molar-refractivity contribution is 0.132. The lowest BCUT2D eigenvalue weighted by Gasteiger charge is -2.36. The second-order valence-corrected chi connectivity index (χ2v) is 4.85. The molecule has 0 bridgehead atoms. The quantitative estimate of drug-likeness (QED) is 0.743. The summed E-state index contributed by atoms with van der Waals surface area (Å²) in [5.74, 6) is 0. The van der Waals surface area contributed by atoms with Gasteiger partial charge in [-0.05, 0) is 45.2 Å². The maximum atomic E-state index is 3.61. The van der Waals surface area contributed by atoms with Crippen LogP contribution in [0, 0.1) is 0 Å². The van der Waals surface area contributed by atoms with Crippen LogP contribution in [0.25, 0.3) is 0 Å². The van der Waals surface area contributed by atoms with E-state index in [0.29, 0.717) is 0 Å². The highest BCUT2D eigenvalue weighted by atomic mass is 15.2. The summed E-state index contributed by atoms with van der Waals surface area (Å²) < 4.78 is 0. The molecule has 2 nitrogen and oxygen atoms in total. The second-order valence-electron chi connectivity index (χ2n) is 4.85. The van der Waals surface area contributed by atoms with Gasteiger partial charge in [-0.25, -0.2) is 0 Å². The van der Waals surface area contributed by atoms with Crippen LogP contribution in [0.15, 0.2) is 0 Å². The molecule has 82 valence electrons. The van der Waals surface area contributed by atoms with E-state index in [2.05, 4.69) is 17.1 Å². The highest BCUT2D eigenvalue weighted by Crippen LogP contribution is 2.20. The molecule has 2 aliphatic heterocycles. The zero-order valence-electron chi connectivity index (χ0n) is 9.47. The first-order valence-corrected chi connectivity index (χ1v) is 6.37. The van der Waals surface area contributed by atoms with Gasteiger partial charge in [0.05, 0.1) is 0 Å². The van der Waals surface area contributed by atoms with Crippen molar-refractivity contribution in [3.05, 3.63) is 0 Å². The van der Waals surface area contributed by atoms with Crippen molar-refractivity contribution in [2.45, 2.75) is 57.5 Å². The normalized spacial score (nSPS) is 34.9. The molecule has 1 N–H and O–H groups in total. The molecule has 2 rings (SSSR count). The Morgan fingerprint density at radius 1 is 1.21 bits per heavy atom. The summed E-state index contributed by atoms with van der Waals surface area (Å²) in [7, 11) is 0. The molecule has 0 amide bonds. The largest absolute Gasteiger partial charge is 0.313 e. The number of hydrogen-bond acceptors (Lipinski definition) is 2. The van der Waals surface area contributed by atoms with Crippen LogP contribution in [-0.4, -0.2) is 36.6 Å². The number of rotatable bonds is 3. The molecule has 2 heterocycles. The van der Waals surface area contributed by atoms with Crippen molar-refractivity contribution in [3.8, 4) is 0 Å². The van der Waals surface area contributed by atoms with Gasteiger partial charge in [0.1, 0.15) is 0 Å². The number of nitrogens with one attached hydrogen (secondary N) is 1. The third-order valence-corrected chi connectivity index (χ3v) is 3.84. The molecule has 0 unspecified atom stereocenters. The molecule has 2 atom stereocenters. The van der Waals surface area contributed by atoms with E-state index in [9.17, 15) is 0 Å². The van der Waals surface area contributed by atoms with Crippen LogP contribution in [0.3, 0.4) is 0 Å². The highest BCUT2D eigenvalue weighted by molar-refractivity contribution is 4.83. The summed E-state index contributed by atoms with van der Waals surface area (Å²) in [5.41, 5.74) is 0. The maximum absolute atomic E-state index is 3.61. The first-order valence-electron chi connectivity index (χ1n) is 6.37. The molecule has 2 aliphatic rings. The van der Waals surface area contributed by atoms with Gasteiger partial charge in [-0.1, -0.05) is 13.3 Å². The van der Waals surface area contributed by atoms with E-state index in [1.54, 1.807) is 0 Å². The van der Waals surface area contributed by atoms with Crippen LogP contribution < -0.4 is 5.32 Å². The van der Waals surface area contributed by atoms with Crippen molar-refractivity contribution in [2.24, 2.45) is 0 Å². The van der Waals surface area contributed by atoms with Gasteiger partial charge in [0.2, 0.25) is 0 Å². The highest BCUT2D eigenvalue weighted by Gasteiger charge is 2.24. The lowest BCUT2D eigenvalue weighted by Crippen LogP contribution is -2.45. The predicted molar refractivity (Wildman–Crippen MR) is 60.5 cm³/mol. The van der Waals surface area contributed by atoms with Gasteiger partial charge in [0, 0.05) is 18.6 Å². The molecule has 2 saturated heterocycles. The van der Waals surface area contributed by atoms with Crippen molar-refractivity contribution in [2.75, 3.05) is 19.6 Å². The molecule has 0 spiro atoms. The van der Waals surface area contributed by atoms with Crippen LogP contribution >= 0.6 is 0 Å². The molecule has 0 aliphatic carbocycles. The monoisotopic (exact) mass is 196 g/mol. The third-order valence-electron chi connectivity index (χ3n) is 3.84. The van der Waals surface area contributed by atoms with Crippen LogP contribution in [-0.2, 0) is 0 Å². The first-order chi connectivity index (χ1) is 6.90. The summed E-state index contributed by atoms with van der Waals surface area (Å²) in [6.45, 7) is 6.23. The van der Waals surface area contributed by atoms with Gasteiger partial charge in [-0.15, -0.1) is 0 Å².